The molecule has 4 nitrogen and oxygen atoms in total. The molecule has 2 heterocycles. The van der Waals surface area contributed by atoms with E-state index >= 15 is 0 Å². The minimum Gasteiger partial charge on any atom is -0.348 e. The fraction of sp³-hybridized carbons (Fsp3) is 0.857. The smallest absolute Gasteiger partial charge is 0.319 e. The van der Waals surface area contributed by atoms with Crippen molar-refractivity contribution in [2.75, 3.05) is 13.1 Å². The van der Waals surface area contributed by atoms with Crippen molar-refractivity contribution in [3.8, 4) is 0 Å². The summed E-state index contributed by atoms with van der Waals surface area (Å²) in [7, 11) is 0. The van der Waals surface area contributed by atoms with Gasteiger partial charge in [0.25, 0.3) is 0 Å². The molecule has 2 saturated heterocycles. The van der Waals surface area contributed by atoms with Crippen LogP contribution in [0.15, 0.2) is 0 Å². The van der Waals surface area contributed by atoms with Gasteiger partial charge in [0.1, 0.15) is 6.10 Å². The molecule has 2 rings (SSSR count). The van der Waals surface area contributed by atoms with E-state index in [2.05, 4.69) is 5.32 Å². The molecule has 0 saturated carbocycles. The summed E-state index contributed by atoms with van der Waals surface area (Å²) >= 11 is 0. The molecule has 4 heteroatoms. The molecule has 2 fully saturated rings. The Balaban J connectivity index is 1.95. The van der Waals surface area contributed by atoms with E-state index in [1.54, 1.807) is 4.90 Å². The van der Waals surface area contributed by atoms with E-state index in [-0.39, 0.29) is 18.4 Å². The Morgan fingerprint density at radius 1 is 1.73 bits per heavy atom. The Morgan fingerprint density at radius 3 is 3.00 bits per heavy atom. The standard InChI is InChI=1S/C7H12N2O2/c1-5-6(11-5)9-4-2-3-8-7(9)10/h5-6H,2-4H2,1H3,(H,8,10). The maximum absolute atomic E-state index is 11.2. The van der Waals surface area contributed by atoms with Crippen LogP contribution in [-0.2, 0) is 4.74 Å². The van der Waals surface area contributed by atoms with Gasteiger partial charge in [0, 0.05) is 13.1 Å². The Bertz CT molecular complexity index is 183. The number of urea groups is 1. The Kier molecular flexibility index (Phi) is 1.49. The number of nitrogens with zero attached hydrogens (tertiary/aromatic N) is 1. The lowest BCUT2D eigenvalue weighted by molar-refractivity contribution is 0.153. The van der Waals surface area contributed by atoms with Crippen LogP contribution in [0.3, 0.4) is 0 Å². The summed E-state index contributed by atoms with van der Waals surface area (Å²) in [6, 6.07) is 0.0191. The molecule has 2 aliphatic rings. The van der Waals surface area contributed by atoms with Crippen molar-refractivity contribution < 1.29 is 9.53 Å². The zero-order valence-electron chi connectivity index (χ0n) is 6.54. The second-order valence-corrected chi connectivity index (χ2v) is 3.01. The van der Waals surface area contributed by atoms with Crippen LogP contribution in [0, 0.1) is 0 Å². The first kappa shape index (κ1) is 6.91. The number of amides is 2. The van der Waals surface area contributed by atoms with Crippen LogP contribution >= 0.6 is 0 Å². The minimum atomic E-state index is 0.0191. The van der Waals surface area contributed by atoms with Gasteiger partial charge in [-0.15, -0.1) is 0 Å². The summed E-state index contributed by atoms with van der Waals surface area (Å²) in [5.41, 5.74) is 0. The molecule has 0 radical (unpaired) electrons. The van der Waals surface area contributed by atoms with E-state index in [1.165, 1.54) is 0 Å². The van der Waals surface area contributed by atoms with Gasteiger partial charge in [0.05, 0.1) is 0 Å². The number of nitrogens with one attached hydrogen (secondary N) is 1. The average molecular weight is 156 g/mol. The molecule has 11 heavy (non-hydrogen) atoms. The van der Waals surface area contributed by atoms with Crippen molar-refractivity contribution in [3.63, 3.8) is 0 Å². The van der Waals surface area contributed by atoms with E-state index in [4.69, 9.17) is 4.74 Å². The summed E-state index contributed by atoms with van der Waals surface area (Å²) in [6.07, 6.45) is 1.31. The molecule has 2 amide bonds. The number of rotatable bonds is 1. The van der Waals surface area contributed by atoms with E-state index < -0.39 is 0 Å². The first-order valence-corrected chi connectivity index (χ1v) is 3.99. The molecular formula is C7H12N2O2. The topological polar surface area (TPSA) is 44.9 Å². The molecule has 2 atom stereocenters. The van der Waals surface area contributed by atoms with Gasteiger partial charge in [-0.1, -0.05) is 0 Å². The van der Waals surface area contributed by atoms with Crippen LogP contribution in [0.2, 0.25) is 0 Å². The Hall–Kier alpha value is -0.770. The van der Waals surface area contributed by atoms with Crippen molar-refractivity contribution in [2.24, 2.45) is 0 Å². The normalized spacial score (nSPS) is 36.8. The zero-order valence-corrected chi connectivity index (χ0v) is 6.54. The Morgan fingerprint density at radius 2 is 2.45 bits per heavy atom. The summed E-state index contributed by atoms with van der Waals surface area (Å²) in [4.78, 5) is 12.9. The van der Waals surface area contributed by atoms with Crippen LogP contribution in [0.4, 0.5) is 4.79 Å². The average Bonchev–Trinajstić information content (AvgIpc) is 2.68. The highest BCUT2D eigenvalue weighted by atomic mass is 16.6. The lowest BCUT2D eigenvalue weighted by Gasteiger charge is -2.25. The molecule has 0 aromatic heterocycles. The second kappa shape index (κ2) is 2.37. The fourth-order valence-corrected chi connectivity index (χ4v) is 1.39. The number of epoxide rings is 1. The van der Waals surface area contributed by atoms with Crippen LogP contribution < -0.4 is 5.32 Å². The lowest BCUT2D eigenvalue weighted by atomic mass is 10.3. The molecule has 0 bridgehead atoms. The number of carbonyl (C=O) groups is 1. The largest absolute Gasteiger partial charge is 0.348 e. The Labute approximate surface area is 65.5 Å². The summed E-state index contributed by atoms with van der Waals surface area (Å²) in [5, 5.41) is 2.78. The van der Waals surface area contributed by atoms with E-state index in [0.717, 1.165) is 19.5 Å². The summed E-state index contributed by atoms with van der Waals surface area (Å²) in [5.74, 6) is 0. The monoisotopic (exact) mass is 156 g/mol. The van der Waals surface area contributed by atoms with Crippen molar-refractivity contribution in [2.45, 2.75) is 25.7 Å². The van der Waals surface area contributed by atoms with Crippen molar-refractivity contribution >= 4 is 6.03 Å². The fourth-order valence-electron chi connectivity index (χ4n) is 1.39. The van der Waals surface area contributed by atoms with Crippen LogP contribution in [0.1, 0.15) is 13.3 Å². The van der Waals surface area contributed by atoms with Crippen LogP contribution in [0.5, 0.6) is 0 Å². The zero-order chi connectivity index (χ0) is 7.84. The maximum atomic E-state index is 11.2. The SMILES string of the molecule is CC1OC1N1CCCNC1=O. The third kappa shape index (κ3) is 1.18. The van der Waals surface area contributed by atoms with Gasteiger partial charge in [0.15, 0.2) is 6.23 Å². The number of hydrogen-bond donors (Lipinski definition) is 1. The van der Waals surface area contributed by atoms with Gasteiger partial charge in [-0.25, -0.2) is 4.79 Å². The molecule has 2 unspecified atom stereocenters. The number of hydrogen-bond acceptors (Lipinski definition) is 2. The van der Waals surface area contributed by atoms with Gasteiger partial charge < -0.3 is 10.1 Å². The predicted molar refractivity (Wildman–Crippen MR) is 39.1 cm³/mol. The van der Waals surface area contributed by atoms with Gasteiger partial charge in [0.2, 0.25) is 0 Å². The first-order valence-electron chi connectivity index (χ1n) is 3.99. The lowest BCUT2D eigenvalue weighted by Crippen LogP contribution is -2.48. The molecule has 0 aliphatic carbocycles. The summed E-state index contributed by atoms with van der Waals surface area (Å²) < 4.78 is 5.19. The van der Waals surface area contributed by atoms with Crippen molar-refractivity contribution in [1.82, 2.24) is 10.2 Å². The molecule has 0 aromatic carbocycles. The van der Waals surface area contributed by atoms with E-state index in [0.29, 0.717) is 0 Å². The molecular weight excluding hydrogens is 144 g/mol. The molecule has 1 N–H and O–H groups in total. The minimum absolute atomic E-state index is 0.0191. The third-order valence-electron chi connectivity index (χ3n) is 2.10. The molecule has 0 spiro atoms. The van der Waals surface area contributed by atoms with Gasteiger partial charge in [-0.05, 0) is 13.3 Å². The summed E-state index contributed by atoms with van der Waals surface area (Å²) in [6.45, 7) is 3.61. The van der Waals surface area contributed by atoms with E-state index in [9.17, 15) is 4.79 Å². The molecule has 0 aromatic rings. The predicted octanol–water partition coefficient (Wildman–Crippen LogP) is 0.146. The first-order chi connectivity index (χ1) is 5.29. The quantitative estimate of drug-likeness (QED) is 0.549. The number of ether oxygens (including phenoxy) is 1. The maximum Gasteiger partial charge on any atom is 0.319 e. The van der Waals surface area contributed by atoms with Gasteiger partial charge in [-0.3, -0.25) is 4.90 Å². The van der Waals surface area contributed by atoms with Gasteiger partial charge in [-0.2, -0.15) is 0 Å². The second-order valence-electron chi connectivity index (χ2n) is 3.01. The van der Waals surface area contributed by atoms with Crippen LogP contribution in [0.25, 0.3) is 0 Å². The molecule has 2 aliphatic heterocycles. The highest BCUT2D eigenvalue weighted by Gasteiger charge is 2.42. The third-order valence-corrected chi connectivity index (χ3v) is 2.10. The van der Waals surface area contributed by atoms with E-state index in [1.807, 2.05) is 6.92 Å². The number of carbonyl (C=O) groups excluding carboxylic acids is 1. The highest BCUT2D eigenvalue weighted by Crippen LogP contribution is 2.26. The van der Waals surface area contributed by atoms with Gasteiger partial charge >= 0.3 is 6.03 Å². The molecule has 62 valence electrons. The highest BCUT2D eigenvalue weighted by molar-refractivity contribution is 5.75. The van der Waals surface area contributed by atoms with Crippen molar-refractivity contribution in [3.05, 3.63) is 0 Å². The van der Waals surface area contributed by atoms with Crippen LogP contribution in [-0.4, -0.2) is 36.4 Å². The van der Waals surface area contributed by atoms with Crippen molar-refractivity contribution in [1.29, 1.82) is 0 Å².